The summed E-state index contributed by atoms with van der Waals surface area (Å²) < 4.78 is 5.05. The standard InChI is InChI=1S/C7H7N3O/c1-4-9-6(8)5-2-3-11-7(5)10-4/h2-3H,1H3,(H2,8,9,10). The number of nitrogens with two attached hydrogens (primary N) is 1. The molecular formula is C7H7N3O. The number of hydrogen-bond acceptors (Lipinski definition) is 4. The highest BCUT2D eigenvalue weighted by Gasteiger charge is 2.03. The van der Waals surface area contributed by atoms with Crippen molar-refractivity contribution in [3.8, 4) is 0 Å². The second kappa shape index (κ2) is 1.95. The Morgan fingerprint density at radius 3 is 3.09 bits per heavy atom. The van der Waals surface area contributed by atoms with Crippen LogP contribution in [0.4, 0.5) is 5.82 Å². The maximum Gasteiger partial charge on any atom is 0.231 e. The molecule has 0 aromatic carbocycles. The van der Waals surface area contributed by atoms with Gasteiger partial charge in [-0.15, -0.1) is 0 Å². The summed E-state index contributed by atoms with van der Waals surface area (Å²) in [6, 6.07) is 1.75. The number of rotatable bonds is 0. The van der Waals surface area contributed by atoms with Crippen LogP contribution >= 0.6 is 0 Å². The first-order valence-electron chi connectivity index (χ1n) is 3.24. The monoisotopic (exact) mass is 149 g/mol. The number of fused-ring (bicyclic) bond motifs is 1. The van der Waals surface area contributed by atoms with Gasteiger partial charge >= 0.3 is 0 Å². The van der Waals surface area contributed by atoms with Crippen LogP contribution in [0.5, 0.6) is 0 Å². The third kappa shape index (κ3) is 0.832. The summed E-state index contributed by atoms with van der Waals surface area (Å²) in [6.07, 6.45) is 1.55. The van der Waals surface area contributed by atoms with Crippen LogP contribution in [0.15, 0.2) is 16.7 Å². The van der Waals surface area contributed by atoms with E-state index in [1.165, 1.54) is 0 Å². The Balaban J connectivity index is 2.91. The van der Waals surface area contributed by atoms with Crippen LogP contribution in [-0.4, -0.2) is 9.97 Å². The van der Waals surface area contributed by atoms with Crippen molar-refractivity contribution in [1.82, 2.24) is 9.97 Å². The van der Waals surface area contributed by atoms with Gasteiger partial charge in [0.2, 0.25) is 5.71 Å². The van der Waals surface area contributed by atoms with E-state index in [0.29, 0.717) is 17.4 Å². The third-order valence-corrected chi connectivity index (χ3v) is 1.47. The molecular weight excluding hydrogens is 142 g/mol. The van der Waals surface area contributed by atoms with Crippen LogP contribution < -0.4 is 5.73 Å². The van der Waals surface area contributed by atoms with Gasteiger partial charge in [0.25, 0.3) is 0 Å². The van der Waals surface area contributed by atoms with Crippen LogP contribution in [0.2, 0.25) is 0 Å². The van der Waals surface area contributed by atoms with Gasteiger partial charge in [-0.25, -0.2) is 4.98 Å². The number of aryl methyl sites for hydroxylation is 1. The molecule has 2 N–H and O–H groups in total. The zero-order valence-electron chi connectivity index (χ0n) is 6.03. The van der Waals surface area contributed by atoms with Crippen molar-refractivity contribution in [2.75, 3.05) is 5.73 Å². The molecule has 0 unspecified atom stereocenters. The molecule has 0 spiro atoms. The molecule has 0 atom stereocenters. The summed E-state index contributed by atoms with van der Waals surface area (Å²) in [5, 5.41) is 0.774. The lowest BCUT2D eigenvalue weighted by Gasteiger charge is -1.94. The van der Waals surface area contributed by atoms with Crippen LogP contribution in [-0.2, 0) is 0 Å². The fraction of sp³-hybridized carbons (Fsp3) is 0.143. The maximum atomic E-state index is 5.59. The van der Waals surface area contributed by atoms with E-state index in [-0.39, 0.29) is 0 Å². The number of anilines is 1. The molecule has 0 amide bonds. The van der Waals surface area contributed by atoms with Crippen LogP contribution in [0, 0.1) is 6.92 Å². The minimum atomic E-state index is 0.473. The van der Waals surface area contributed by atoms with Gasteiger partial charge in [-0.1, -0.05) is 0 Å². The Morgan fingerprint density at radius 1 is 1.45 bits per heavy atom. The van der Waals surface area contributed by atoms with Crippen molar-refractivity contribution in [1.29, 1.82) is 0 Å². The number of hydrogen-bond donors (Lipinski definition) is 1. The SMILES string of the molecule is Cc1nc(N)c2ccoc2n1. The number of nitrogens with zero attached hydrogens (tertiary/aromatic N) is 2. The van der Waals surface area contributed by atoms with E-state index >= 15 is 0 Å². The first-order valence-corrected chi connectivity index (χ1v) is 3.24. The molecule has 2 aromatic heterocycles. The molecule has 2 rings (SSSR count). The molecule has 0 radical (unpaired) electrons. The predicted molar refractivity (Wildman–Crippen MR) is 41.0 cm³/mol. The zero-order valence-corrected chi connectivity index (χ0v) is 6.03. The molecule has 0 fully saturated rings. The molecule has 0 aliphatic heterocycles. The number of aromatic nitrogens is 2. The summed E-state index contributed by atoms with van der Waals surface area (Å²) in [5.74, 6) is 1.10. The second-order valence-electron chi connectivity index (χ2n) is 2.30. The first-order chi connectivity index (χ1) is 5.27. The molecule has 56 valence electrons. The van der Waals surface area contributed by atoms with Gasteiger partial charge in [0.1, 0.15) is 11.6 Å². The molecule has 2 heterocycles. The Bertz CT molecular complexity index is 393. The van der Waals surface area contributed by atoms with E-state index in [9.17, 15) is 0 Å². The molecule has 0 aliphatic rings. The molecule has 0 saturated carbocycles. The van der Waals surface area contributed by atoms with Crippen molar-refractivity contribution < 1.29 is 4.42 Å². The van der Waals surface area contributed by atoms with Gasteiger partial charge in [0.15, 0.2) is 0 Å². The van der Waals surface area contributed by atoms with Gasteiger partial charge < -0.3 is 10.2 Å². The largest absolute Gasteiger partial charge is 0.446 e. The normalized spacial score (nSPS) is 10.6. The molecule has 11 heavy (non-hydrogen) atoms. The molecule has 0 aliphatic carbocycles. The quantitative estimate of drug-likeness (QED) is 0.609. The van der Waals surface area contributed by atoms with Crippen molar-refractivity contribution in [2.45, 2.75) is 6.92 Å². The van der Waals surface area contributed by atoms with Gasteiger partial charge in [-0.2, -0.15) is 4.98 Å². The topological polar surface area (TPSA) is 64.9 Å². The number of furan rings is 1. The summed E-state index contributed by atoms with van der Waals surface area (Å²) in [4.78, 5) is 8.02. The highest BCUT2D eigenvalue weighted by atomic mass is 16.3. The third-order valence-electron chi connectivity index (χ3n) is 1.47. The second-order valence-corrected chi connectivity index (χ2v) is 2.30. The van der Waals surface area contributed by atoms with Crippen LogP contribution in [0.25, 0.3) is 11.1 Å². The minimum absolute atomic E-state index is 0.473. The fourth-order valence-corrected chi connectivity index (χ4v) is 0.989. The van der Waals surface area contributed by atoms with Crippen LogP contribution in [0.3, 0.4) is 0 Å². The maximum absolute atomic E-state index is 5.59. The van der Waals surface area contributed by atoms with E-state index in [4.69, 9.17) is 10.2 Å². The lowest BCUT2D eigenvalue weighted by Crippen LogP contribution is -1.94. The predicted octanol–water partition coefficient (Wildman–Crippen LogP) is 1.11. The fourth-order valence-electron chi connectivity index (χ4n) is 0.989. The Morgan fingerprint density at radius 2 is 2.27 bits per heavy atom. The summed E-state index contributed by atoms with van der Waals surface area (Å²) >= 11 is 0. The van der Waals surface area contributed by atoms with Gasteiger partial charge in [-0.3, -0.25) is 0 Å². The van der Waals surface area contributed by atoms with Crippen molar-refractivity contribution >= 4 is 16.9 Å². The van der Waals surface area contributed by atoms with Gasteiger partial charge in [0, 0.05) is 0 Å². The summed E-state index contributed by atoms with van der Waals surface area (Å²) in [5.41, 5.74) is 6.14. The van der Waals surface area contributed by atoms with Gasteiger partial charge in [0.05, 0.1) is 11.6 Å². The van der Waals surface area contributed by atoms with E-state index < -0.39 is 0 Å². The minimum Gasteiger partial charge on any atom is -0.446 e. The molecule has 0 bridgehead atoms. The average molecular weight is 149 g/mol. The molecule has 4 nitrogen and oxygen atoms in total. The Hall–Kier alpha value is -1.58. The van der Waals surface area contributed by atoms with Gasteiger partial charge in [-0.05, 0) is 13.0 Å². The van der Waals surface area contributed by atoms with E-state index in [2.05, 4.69) is 9.97 Å². The highest BCUT2D eigenvalue weighted by molar-refractivity contribution is 5.83. The lowest BCUT2D eigenvalue weighted by molar-refractivity contribution is 0.601. The molecule has 2 aromatic rings. The summed E-state index contributed by atoms with van der Waals surface area (Å²) in [7, 11) is 0. The van der Waals surface area contributed by atoms with Crippen molar-refractivity contribution in [3.05, 3.63) is 18.2 Å². The van der Waals surface area contributed by atoms with E-state index in [1.54, 1.807) is 19.3 Å². The van der Waals surface area contributed by atoms with E-state index in [0.717, 1.165) is 5.39 Å². The van der Waals surface area contributed by atoms with Crippen molar-refractivity contribution in [3.63, 3.8) is 0 Å². The van der Waals surface area contributed by atoms with Crippen molar-refractivity contribution in [2.24, 2.45) is 0 Å². The smallest absolute Gasteiger partial charge is 0.231 e. The Kier molecular flexibility index (Phi) is 1.09. The summed E-state index contributed by atoms with van der Waals surface area (Å²) in [6.45, 7) is 1.78. The molecule has 0 saturated heterocycles. The van der Waals surface area contributed by atoms with E-state index in [1.807, 2.05) is 0 Å². The first kappa shape index (κ1) is 6.15. The lowest BCUT2D eigenvalue weighted by atomic mass is 10.4. The highest BCUT2D eigenvalue weighted by Crippen LogP contribution is 2.17. The Labute approximate surface area is 63.1 Å². The molecule has 4 heteroatoms. The number of nitrogen functional groups attached to an aromatic ring is 1. The zero-order chi connectivity index (χ0) is 7.84. The average Bonchev–Trinajstić information content (AvgIpc) is 2.34. The van der Waals surface area contributed by atoms with Crippen LogP contribution in [0.1, 0.15) is 5.82 Å².